The van der Waals surface area contributed by atoms with Crippen LogP contribution in [0.4, 0.5) is 18.9 Å². The molecule has 0 aliphatic carbocycles. The number of non-ortho nitro benzene ring substituents is 1. The highest BCUT2D eigenvalue weighted by Gasteiger charge is 2.34. The average molecular weight is 447 g/mol. The SMILES string of the molecule is CN1CCN(CCCOc2ccc(C#Cc3ccc([N+](=O)[O-])cc3)cc2C(F)(F)F)CC1. The highest BCUT2D eigenvalue weighted by molar-refractivity contribution is 5.49. The van der Waals surface area contributed by atoms with Crippen LogP contribution in [0.25, 0.3) is 0 Å². The van der Waals surface area contributed by atoms with Gasteiger partial charge < -0.3 is 14.5 Å². The maximum atomic E-state index is 13.5. The number of benzene rings is 2. The number of alkyl halides is 3. The van der Waals surface area contributed by atoms with Crippen LogP contribution in [0.2, 0.25) is 0 Å². The second-order valence-corrected chi connectivity index (χ2v) is 7.61. The number of likely N-dealkylation sites (N-methyl/N-ethyl adjacent to an activating group) is 1. The molecule has 0 amide bonds. The molecular formula is C23H24F3N3O3. The number of halogens is 3. The molecule has 0 atom stereocenters. The molecule has 1 aliphatic rings. The Kier molecular flexibility index (Phi) is 7.72. The van der Waals surface area contributed by atoms with Gasteiger partial charge >= 0.3 is 6.18 Å². The molecule has 1 fully saturated rings. The van der Waals surface area contributed by atoms with Gasteiger partial charge in [-0.25, -0.2) is 0 Å². The van der Waals surface area contributed by atoms with Crippen LogP contribution < -0.4 is 4.74 Å². The lowest BCUT2D eigenvalue weighted by Gasteiger charge is -2.32. The van der Waals surface area contributed by atoms with E-state index < -0.39 is 16.7 Å². The first-order chi connectivity index (χ1) is 15.2. The van der Waals surface area contributed by atoms with Crippen molar-refractivity contribution in [3.63, 3.8) is 0 Å². The summed E-state index contributed by atoms with van der Waals surface area (Å²) in [5, 5.41) is 10.7. The van der Waals surface area contributed by atoms with Gasteiger partial charge in [0.1, 0.15) is 5.75 Å². The molecule has 0 unspecified atom stereocenters. The number of rotatable bonds is 6. The molecule has 0 bridgehead atoms. The minimum Gasteiger partial charge on any atom is -0.493 e. The van der Waals surface area contributed by atoms with E-state index in [0.717, 1.165) is 38.8 Å². The molecule has 2 aromatic carbocycles. The summed E-state index contributed by atoms with van der Waals surface area (Å²) in [6.07, 6.45) is -3.93. The molecule has 170 valence electrons. The Morgan fingerprint density at radius 3 is 2.28 bits per heavy atom. The van der Waals surface area contributed by atoms with Crippen molar-refractivity contribution in [2.75, 3.05) is 46.4 Å². The van der Waals surface area contributed by atoms with Crippen molar-refractivity contribution in [3.8, 4) is 17.6 Å². The molecule has 3 rings (SSSR count). The molecule has 32 heavy (non-hydrogen) atoms. The summed E-state index contributed by atoms with van der Waals surface area (Å²) in [7, 11) is 2.07. The number of nitro benzene ring substituents is 1. The number of hydrogen-bond acceptors (Lipinski definition) is 5. The van der Waals surface area contributed by atoms with E-state index >= 15 is 0 Å². The molecule has 2 aromatic rings. The first kappa shape index (κ1) is 23.6. The molecule has 0 spiro atoms. The lowest BCUT2D eigenvalue weighted by molar-refractivity contribution is -0.384. The fourth-order valence-electron chi connectivity index (χ4n) is 3.31. The van der Waals surface area contributed by atoms with Gasteiger partial charge in [-0.1, -0.05) is 11.8 Å². The van der Waals surface area contributed by atoms with Crippen molar-refractivity contribution < 1.29 is 22.8 Å². The Bertz CT molecular complexity index is 990. The van der Waals surface area contributed by atoms with Crippen LogP contribution in [0.5, 0.6) is 5.75 Å². The molecule has 1 aliphatic heterocycles. The monoisotopic (exact) mass is 447 g/mol. The van der Waals surface area contributed by atoms with Crippen LogP contribution in [-0.2, 0) is 6.18 Å². The van der Waals surface area contributed by atoms with Gasteiger partial charge in [0.2, 0.25) is 0 Å². The summed E-state index contributed by atoms with van der Waals surface area (Å²) >= 11 is 0. The fourth-order valence-corrected chi connectivity index (χ4v) is 3.31. The molecule has 9 heteroatoms. The summed E-state index contributed by atoms with van der Waals surface area (Å²) in [4.78, 5) is 14.7. The van der Waals surface area contributed by atoms with Gasteiger partial charge in [-0.15, -0.1) is 0 Å². The molecule has 0 N–H and O–H groups in total. The summed E-state index contributed by atoms with van der Waals surface area (Å²) < 4.78 is 46.1. The van der Waals surface area contributed by atoms with Crippen LogP contribution >= 0.6 is 0 Å². The maximum Gasteiger partial charge on any atom is 0.420 e. The number of nitro groups is 1. The molecule has 0 radical (unpaired) electrons. The van der Waals surface area contributed by atoms with Crippen molar-refractivity contribution in [1.82, 2.24) is 9.80 Å². The zero-order valence-corrected chi connectivity index (χ0v) is 17.7. The van der Waals surface area contributed by atoms with Crippen LogP contribution in [0, 0.1) is 22.0 Å². The van der Waals surface area contributed by atoms with E-state index in [0.29, 0.717) is 12.0 Å². The topological polar surface area (TPSA) is 58.8 Å². The highest BCUT2D eigenvalue weighted by atomic mass is 19.4. The van der Waals surface area contributed by atoms with Gasteiger partial charge in [0.25, 0.3) is 5.69 Å². The Labute approximate surface area is 184 Å². The molecule has 0 saturated carbocycles. The third kappa shape index (κ3) is 6.70. The normalized spacial score (nSPS) is 15.1. The van der Waals surface area contributed by atoms with Crippen molar-refractivity contribution >= 4 is 5.69 Å². The largest absolute Gasteiger partial charge is 0.493 e. The van der Waals surface area contributed by atoms with Gasteiger partial charge in [0.05, 0.1) is 17.1 Å². The van der Waals surface area contributed by atoms with E-state index in [1.54, 1.807) is 0 Å². The second kappa shape index (κ2) is 10.5. The molecular weight excluding hydrogens is 423 g/mol. The molecule has 1 heterocycles. The molecule has 1 saturated heterocycles. The van der Waals surface area contributed by atoms with Gasteiger partial charge in [0, 0.05) is 56.0 Å². The van der Waals surface area contributed by atoms with Crippen molar-refractivity contribution in [2.24, 2.45) is 0 Å². The standard InChI is InChI=1S/C23H24F3N3O3/c1-27-12-14-28(15-13-27)11-2-16-32-22-10-7-19(17-21(22)23(24,25)26)4-3-18-5-8-20(9-6-18)29(30)31/h5-10,17H,2,11-16H2,1H3. The lowest BCUT2D eigenvalue weighted by Crippen LogP contribution is -2.44. The highest BCUT2D eigenvalue weighted by Crippen LogP contribution is 2.36. The lowest BCUT2D eigenvalue weighted by atomic mass is 10.1. The van der Waals surface area contributed by atoms with E-state index in [4.69, 9.17) is 4.74 Å². The molecule has 6 nitrogen and oxygen atoms in total. The van der Waals surface area contributed by atoms with Crippen molar-refractivity contribution in [1.29, 1.82) is 0 Å². The van der Waals surface area contributed by atoms with E-state index in [-0.39, 0.29) is 23.6 Å². The Morgan fingerprint density at radius 2 is 1.66 bits per heavy atom. The van der Waals surface area contributed by atoms with Crippen LogP contribution in [0.3, 0.4) is 0 Å². The van der Waals surface area contributed by atoms with E-state index in [1.165, 1.54) is 36.4 Å². The third-order valence-corrected chi connectivity index (χ3v) is 5.19. The van der Waals surface area contributed by atoms with E-state index in [2.05, 4.69) is 28.7 Å². The van der Waals surface area contributed by atoms with E-state index in [9.17, 15) is 23.3 Å². The summed E-state index contributed by atoms with van der Waals surface area (Å²) in [5.74, 6) is 5.19. The maximum absolute atomic E-state index is 13.5. The van der Waals surface area contributed by atoms with Gasteiger partial charge in [-0.2, -0.15) is 13.2 Å². The smallest absolute Gasteiger partial charge is 0.420 e. The zero-order chi connectivity index (χ0) is 23.1. The summed E-state index contributed by atoms with van der Waals surface area (Å²) in [6.45, 7) is 4.86. The minimum atomic E-state index is -4.57. The van der Waals surface area contributed by atoms with Gasteiger partial charge in [-0.3, -0.25) is 10.1 Å². The number of ether oxygens (including phenoxy) is 1. The Morgan fingerprint density at radius 1 is 1.03 bits per heavy atom. The predicted molar refractivity (Wildman–Crippen MR) is 115 cm³/mol. The summed E-state index contributed by atoms with van der Waals surface area (Å²) in [6, 6.07) is 9.23. The van der Waals surface area contributed by atoms with Gasteiger partial charge in [0.15, 0.2) is 0 Å². The van der Waals surface area contributed by atoms with Crippen molar-refractivity contribution in [3.05, 3.63) is 69.3 Å². The first-order valence-electron chi connectivity index (χ1n) is 10.2. The zero-order valence-electron chi connectivity index (χ0n) is 17.7. The Balaban J connectivity index is 1.64. The second-order valence-electron chi connectivity index (χ2n) is 7.61. The number of nitrogens with zero attached hydrogens (tertiary/aromatic N) is 3. The third-order valence-electron chi connectivity index (χ3n) is 5.19. The Hall–Kier alpha value is -3.09. The number of hydrogen-bond donors (Lipinski definition) is 0. The first-order valence-corrected chi connectivity index (χ1v) is 10.2. The van der Waals surface area contributed by atoms with Gasteiger partial charge in [-0.05, 0) is 43.8 Å². The quantitative estimate of drug-likeness (QED) is 0.290. The minimum absolute atomic E-state index is 0.0796. The predicted octanol–water partition coefficient (Wildman–Crippen LogP) is 4.03. The summed E-state index contributed by atoms with van der Waals surface area (Å²) in [5.41, 5.74) is -0.300. The average Bonchev–Trinajstić information content (AvgIpc) is 2.76. The number of piperazine rings is 1. The van der Waals surface area contributed by atoms with Crippen molar-refractivity contribution in [2.45, 2.75) is 12.6 Å². The van der Waals surface area contributed by atoms with Crippen LogP contribution in [-0.4, -0.2) is 61.1 Å². The van der Waals surface area contributed by atoms with Crippen LogP contribution in [0.1, 0.15) is 23.1 Å². The van der Waals surface area contributed by atoms with E-state index in [1.807, 2.05) is 0 Å². The van der Waals surface area contributed by atoms with Crippen LogP contribution in [0.15, 0.2) is 42.5 Å². The fraction of sp³-hybridized carbons (Fsp3) is 0.391. The molecule has 0 aromatic heterocycles.